The van der Waals surface area contributed by atoms with Crippen molar-refractivity contribution in [1.29, 1.82) is 0 Å². The van der Waals surface area contributed by atoms with Gasteiger partial charge in [-0.15, -0.1) is 0 Å². The van der Waals surface area contributed by atoms with E-state index in [1.807, 2.05) is 13.8 Å². The van der Waals surface area contributed by atoms with E-state index in [1.165, 1.54) is 0 Å². The lowest BCUT2D eigenvalue weighted by Gasteiger charge is -2.48. The zero-order valence-corrected chi connectivity index (χ0v) is 13.1. The predicted octanol–water partition coefficient (Wildman–Crippen LogP) is 2.62. The molecule has 1 rings (SSSR count). The van der Waals surface area contributed by atoms with Gasteiger partial charge in [-0.2, -0.15) is 0 Å². The second kappa shape index (κ2) is 6.94. The molecule has 1 aliphatic rings. The summed E-state index contributed by atoms with van der Waals surface area (Å²) in [5.74, 6) is -3.55. The molecular formula is C16H24O6. The lowest BCUT2D eigenvalue weighted by molar-refractivity contribution is -0.213. The monoisotopic (exact) mass is 312 g/mol. The van der Waals surface area contributed by atoms with Gasteiger partial charge in [-0.3, -0.25) is 4.79 Å². The molecule has 1 saturated carbocycles. The molecule has 0 aromatic carbocycles. The van der Waals surface area contributed by atoms with E-state index >= 15 is 0 Å². The number of carbonyl (C=O) groups is 3. The van der Waals surface area contributed by atoms with Crippen LogP contribution in [0.2, 0.25) is 0 Å². The number of esters is 1. The quantitative estimate of drug-likeness (QED) is 0.553. The van der Waals surface area contributed by atoms with Crippen molar-refractivity contribution in [2.45, 2.75) is 58.0 Å². The highest BCUT2D eigenvalue weighted by atomic mass is 16.6. The maximum atomic E-state index is 12.0. The number of ether oxygens (including phenoxy) is 1. The molecule has 0 bridgehead atoms. The fourth-order valence-corrected chi connectivity index (χ4v) is 3.36. The molecule has 0 heterocycles. The summed E-state index contributed by atoms with van der Waals surface area (Å²) < 4.78 is 5.20. The van der Waals surface area contributed by atoms with Gasteiger partial charge < -0.3 is 14.9 Å². The maximum Gasteiger partial charge on any atom is 0.349 e. The third-order valence-electron chi connectivity index (χ3n) is 4.63. The van der Waals surface area contributed by atoms with Crippen molar-refractivity contribution in [2.75, 3.05) is 0 Å². The van der Waals surface area contributed by atoms with Gasteiger partial charge in [-0.25, -0.2) is 9.59 Å². The fraction of sp³-hybridized carbons (Fsp3) is 0.688. The third kappa shape index (κ3) is 3.00. The summed E-state index contributed by atoms with van der Waals surface area (Å²) in [6, 6.07) is 0. The summed E-state index contributed by atoms with van der Waals surface area (Å²) in [7, 11) is 0. The van der Waals surface area contributed by atoms with E-state index in [0.717, 1.165) is 12.5 Å². The molecular weight excluding hydrogens is 288 g/mol. The van der Waals surface area contributed by atoms with Crippen LogP contribution in [0.15, 0.2) is 12.7 Å². The van der Waals surface area contributed by atoms with Gasteiger partial charge in [-0.05, 0) is 25.2 Å². The minimum atomic E-state index is -2.04. The Morgan fingerprint density at radius 2 is 1.95 bits per heavy atom. The van der Waals surface area contributed by atoms with E-state index in [4.69, 9.17) is 4.74 Å². The number of unbranched alkanes of at least 4 members (excludes halogenated alkanes) is 1. The van der Waals surface area contributed by atoms with E-state index in [9.17, 15) is 24.6 Å². The number of rotatable bonds is 7. The summed E-state index contributed by atoms with van der Waals surface area (Å²) in [5, 5.41) is 19.6. The lowest BCUT2D eigenvalue weighted by atomic mass is 9.58. The van der Waals surface area contributed by atoms with Gasteiger partial charge in [0, 0.05) is 12.5 Å². The number of hydrogen-bond acceptors (Lipinski definition) is 4. The molecule has 6 nitrogen and oxygen atoms in total. The highest BCUT2D eigenvalue weighted by molar-refractivity contribution is 5.93. The van der Waals surface area contributed by atoms with Gasteiger partial charge >= 0.3 is 17.9 Å². The Hall–Kier alpha value is -1.85. The first-order valence-electron chi connectivity index (χ1n) is 7.58. The summed E-state index contributed by atoms with van der Waals surface area (Å²) >= 11 is 0. The molecule has 6 heteroatoms. The Kier molecular flexibility index (Phi) is 5.74. The fourth-order valence-electron chi connectivity index (χ4n) is 3.36. The topological polar surface area (TPSA) is 101 Å². The normalized spacial score (nSPS) is 31.3. The molecule has 3 unspecified atom stereocenters. The van der Waals surface area contributed by atoms with Crippen molar-refractivity contribution in [3.63, 3.8) is 0 Å². The third-order valence-corrected chi connectivity index (χ3v) is 4.63. The molecule has 0 amide bonds. The molecule has 1 fully saturated rings. The van der Waals surface area contributed by atoms with Crippen LogP contribution in [0.25, 0.3) is 0 Å². The number of carboxylic acids is 2. The number of carboxylic acid groups (broad SMARTS) is 2. The van der Waals surface area contributed by atoms with Crippen molar-refractivity contribution in [1.82, 2.24) is 0 Å². The van der Waals surface area contributed by atoms with Gasteiger partial charge in [0.05, 0.1) is 0 Å². The van der Waals surface area contributed by atoms with Crippen LogP contribution in [0.5, 0.6) is 0 Å². The van der Waals surface area contributed by atoms with E-state index in [2.05, 4.69) is 6.58 Å². The highest BCUT2D eigenvalue weighted by Gasteiger charge is 2.66. The molecule has 22 heavy (non-hydrogen) atoms. The standard InChI is InChI=1S/C16H24O6/c1-4-6-8-15(13(18)19)9-7-11(3)10-16(15,14(20)21)22-12(17)5-2/h5,11H,2,4,6-10H2,1,3H3,(H,18,19)(H,20,21). The summed E-state index contributed by atoms with van der Waals surface area (Å²) in [6.07, 6.45) is 3.10. The zero-order valence-electron chi connectivity index (χ0n) is 13.1. The number of hydrogen-bond donors (Lipinski definition) is 2. The molecule has 124 valence electrons. The van der Waals surface area contributed by atoms with Crippen molar-refractivity contribution in [3.05, 3.63) is 12.7 Å². The summed E-state index contributed by atoms with van der Waals surface area (Å²) in [4.78, 5) is 35.7. The Morgan fingerprint density at radius 1 is 1.32 bits per heavy atom. The smallest absolute Gasteiger partial charge is 0.349 e. The first kappa shape index (κ1) is 18.2. The van der Waals surface area contributed by atoms with Crippen LogP contribution in [0.4, 0.5) is 0 Å². The SMILES string of the molecule is C=CC(=O)OC1(C(=O)O)CC(C)CCC1(CCCC)C(=O)O. The molecule has 0 saturated heterocycles. The van der Waals surface area contributed by atoms with E-state index in [-0.39, 0.29) is 25.2 Å². The van der Waals surface area contributed by atoms with Crippen LogP contribution in [0.3, 0.4) is 0 Å². The predicted molar refractivity (Wildman–Crippen MR) is 79.3 cm³/mol. The first-order valence-corrected chi connectivity index (χ1v) is 7.58. The van der Waals surface area contributed by atoms with Crippen molar-refractivity contribution < 1.29 is 29.3 Å². The minimum absolute atomic E-state index is 0.00206. The average molecular weight is 312 g/mol. The van der Waals surface area contributed by atoms with Gasteiger partial charge in [0.2, 0.25) is 5.60 Å². The Bertz CT molecular complexity index is 467. The molecule has 2 N–H and O–H groups in total. The summed E-state index contributed by atoms with van der Waals surface area (Å²) in [6.45, 7) is 7.02. The minimum Gasteiger partial charge on any atom is -0.481 e. The average Bonchev–Trinajstić information content (AvgIpc) is 2.46. The Balaban J connectivity index is 3.44. The largest absolute Gasteiger partial charge is 0.481 e. The second-order valence-corrected chi connectivity index (χ2v) is 6.10. The molecule has 0 aromatic heterocycles. The molecule has 0 spiro atoms. The van der Waals surface area contributed by atoms with Gasteiger partial charge in [0.1, 0.15) is 5.41 Å². The number of aliphatic carboxylic acids is 2. The highest BCUT2D eigenvalue weighted by Crippen LogP contribution is 2.52. The van der Waals surface area contributed by atoms with Gasteiger partial charge in [0.15, 0.2) is 0 Å². The molecule has 1 aliphatic carbocycles. The second-order valence-electron chi connectivity index (χ2n) is 6.10. The van der Waals surface area contributed by atoms with E-state index < -0.39 is 28.9 Å². The molecule has 0 radical (unpaired) electrons. The molecule has 0 aliphatic heterocycles. The Labute approximate surface area is 130 Å². The van der Waals surface area contributed by atoms with Gasteiger partial charge in [0.25, 0.3) is 0 Å². The Morgan fingerprint density at radius 3 is 2.41 bits per heavy atom. The van der Waals surface area contributed by atoms with Crippen molar-refractivity contribution >= 4 is 17.9 Å². The molecule has 3 atom stereocenters. The van der Waals surface area contributed by atoms with E-state index in [0.29, 0.717) is 12.8 Å². The van der Waals surface area contributed by atoms with E-state index in [1.54, 1.807) is 0 Å². The zero-order chi connectivity index (χ0) is 17.0. The first-order chi connectivity index (χ1) is 10.3. The van der Waals surface area contributed by atoms with Crippen LogP contribution in [0.1, 0.15) is 52.4 Å². The van der Waals surface area contributed by atoms with Crippen LogP contribution < -0.4 is 0 Å². The van der Waals surface area contributed by atoms with Crippen LogP contribution in [-0.4, -0.2) is 33.7 Å². The number of carbonyl (C=O) groups excluding carboxylic acids is 1. The van der Waals surface area contributed by atoms with Crippen LogP contribution in [0, 0.1) is 11.3 Å². The van der Waals surface area contributed by atoms with Gasteiger partial charge in [-0.1, -0.05) is 33.3 Å². The molecule has 0 aromatic rings. The van der Waals surface area contributed by atoms with Crippen molar-refractivity contribution in [2.24, 2.45) is 11.3 Å². The van der Waals surface area contributed by atoms with Crippen LogP contribution >= 0.6 is 0 Å². The lowest BCUT2D eigenvalue weighted by Crippen LogP contribution is -2.63. The maximum absolute atomic E-state index is 12.0. The van der Waals surface area contributed by atoms with Crippen molar-refractivity contribution in [3.8, 4) is 0 Å². The summed E-state index contributed by atoms with van der Waals surface area (Å²) in [5.41, 5.74) is -3.64. The van der Waals surface area contributed by atoms with Crippen LogP contribution in [-0.2, 0) is 19.1 Å².